The van der Waals surface area contributed by atoms with Gasteiger partial charge < -0.3 is 0 Å². The molecule has 0 bridgehead atoms. The zero-order chi connectivity index (χ0) is 29.2. The van der Waals surface area contributed by atoms with Gasteiger partial charge in [0, 0.05) is 0 Å². The Hall–Kier alpha value is -3.61. The number of benzene rings is 4. The van der Waals surface area contributed by atoms with Crippen LogP contribution in [0.1, 0.15) is 25.0 Å². The number of ether oxygens (including phenoxy) is 1. The average molecular weight is 741 g/mol. The standard InChI is InChI=1S/C39H35OP.Os/c1-4-15-32-22-24-33(25-23-32)26-27-35(28-36-30-40-29-34(36)5-2)31(3)41(37-16-9-6-10-17-37,38-18-11-7-12-19-38)39-20-13-8-14-21-39;/h4-28H,29-30H2,1-2H3;/q+1;/b15-4+,27-26+,34-5?,35-31?,36-28?;. The molecule has 0 aromatic heterocycles. The van der Waals surface area contributed by atoms with Crippen LogP contribution < -0.4 is 15.9 Å². The fraction of sp³-hybridized carbons (Fsp3) is 0.103. The Morgan fingerprint density at radius 2 is 1.14 bits per heavy atom. The molecular formula is C39H35OOsP+. The molecule has 1 fully saturated rings. The van der Waals surface area contributed by atoms with Crippen LogP contribution in [-0.2, 0) is 22.7 Å². The van der Waals surface area contributed by atoms with Gasteiger partial charge in [0.05, 0.1) is 0 Å². The van der Waals surface area contributed by atoms with Crippen molar-refractivity contribution in [2.75, 3.05) is 13.2 Å². The van der Waals surface area contributed by atoms with Gasteiger partial charge in [-0.3, -0.25) is 0 Å². The van der Waals surface area contributed by atoms with Gasteiger partial charge in [-0.15, -0.1) is 0 Å². The van der Waals surface area contributed by atoms with Crippen LogP contribution in [0.3, 0.4) is 0 Å². The predicted molar refractivity (Wildman–Crippen MR) is 179 cm³/mol. The molecule has 209 valence electrons. The second-order valence-corrected chi connectivity index (χ2v) is 14.0. The zero-order valence-electron chi connectivity index (χ0n) is 24.1. The molecule has 0 aliphatic carbocycles. The van der Waals surface area contributed by atoms with Gasteiger partial charge in [-0.1, -0.05) is 0 Å². The summed E-state index contributed by atoms with van der Waals surface area (Å²) in [6.07, 6.45) is 13.2. The molecule has 1 aliphatic rings. The third-order valence-electron chi connectivity index (χ3n) is 7.48. The van der Waals surface area contributed by atoms with E-state index in [2.05, 4.69) is 163 Å². The molecule has 0 atom stereocenters. The first-order chi connectivity index (χ1) is 20.7. The Bertz CT molecular complexity index is 1590. The summed E-state index contributed by atoms with van der Waals surface area (Å²) < 4.78 is 9.71. The van der Waals surface area contributed by atoms with Crippen molar-refractivity contribution >= 4 is 35.3 Å². The Morgan fingerprint density at radius 1 is 0.667 bits per heavy atom. The van der Waals surface area contributed by atoms with E-state index in [0.29, 0.717) is 13.2 Å². The van der Waals surface area contributed by atoms with E-state index < -0.39 is 7.26 Å². The molecular weight excluding hydrogens is 706 g/mol. The number of allylic oxidation sites excluding steroid dienone is 6. The van der Waals surface area contributed by atoms with E-state index in [4.69, 9.17) is 4.74 Å². The Kier molecular flexibility index (Phi) is 10.3. The molecule has 0 spiro atoms. The average Bonchev–Trinajstić information content (AvgIpc) is 3.51. The summed E-state index contributed by atoms with van der Waals surface area (Å²) in [5, 5.41) is 5.16. The van der Waals surface area contributed by atoms with Crippen LogP contribution >= 0.6 is 7.26 Å². The number of rotatable bonds is 8. The minimum atomic E-state index is -2.33. The van der Waals surface area contributed by atoms with E-state index in [1.54, 1.807) is 0 Å². The van der Waals surface area contributed by atoms with Crippen molar-refractivity contribution in [2.24, 2.45) is 0 Å². The van der Waals surface area contributed by atoms with Crippen LogP contribution in [0.2, 0.25) is 0 Å². The van der Waals surface area contributed by atoms with E-state index in [1.807, 2.05) is 24.9 Å². The van der Waals surface area contributed by atoms with Crippen LogP contribution in [0.4, 0.5) is 0 Å². The zero-order valence-corrected chi connectivity index (χ0v) is 27.5. The van der Waals surface area contributed by atoms with Crippen LogP contribution in [0.25, 0.3) is 12.2 Å². The summed E-state index contributed by atoms with van der Waals surface area (Å²) in [7, 11) is -2.33. The second kappa shape index (κ2) is 14.5. The molecule has 5 rings (SSSR count). The molecule has 3 heteroatoms. The van der Waals surface area contributed by atoms with Gasteiger partial charge in [0.1, 0.15) is 0 Å². The summed E-state index contributed by atoms with van der Waals surface area (Å²) in [5.41, 5.74) is 6.00. The monoisotopic (exact) mass is 742 g/mol. The van der Waals surface area contributed by atoms with E-state index in [9.17, 15) is 0 Å². The SMILES string of the molecule is CC=C1COCC1=CC(/C=C/c1ccc(/C=C/C)cc1)=C([C]#[Os])[P+](c1ccccc1)(c1ccccc1)c1ccccc1. The van der Waals surface area contributed by atoms with Crippen molar-refractivity contribution in [2.45, 2.75) is 13.8 Å². The van der Waals surface area contributed by atoms with Gasteiger partial charge in [-0.05, 0) is 0 Å². The van der Waals surface area contributed by atoms with Crippen molar-refractivity contribution in [3.8, 4) is 4.37 Å². The maximum atomic E-state index is 5.91. The summed E-state index contributed by atoms with van der Waals surface area (Å²) in [6, 6.07) is 41.7. The Balaban J connectivity index is 1.85. The minimum absolute atomic E-state index is 0.613. The van der Waals surface area contributed by atoms with Crippen LogP contribution in [0, 0.1) is 4.37 Å². The van der Waals surface area contributed by atoms with Gasteiger partial charge in [-0.2, -0.15) is 0 Å². The molecule has 0 amide bonds. The van der Waals surface area contributed by atoms with E-state index in [-0.39, 0.29) is 0 Å². The normalized spacial score (nSPS) is 16.3. The molecule has 4 aromatic carbocycles. The van der Waals surface area contributed by atoms with Gasteiger partial charge in [0.15, 0.2) is 0 Å². The van der Waals surface area contributed by atoms with E-state index in [0.717, 1.165) is 11.1 Å². The van der Waals surface area contributed by atoms with Gasteiger partial charge in [0.25, 0.3) is 0 Å². The third kappa shape index (κ3) is 6.40. The topological polar surface area (TPSA) is 9.23 Å². The molecule has 0 N–H and O–H groups in total. The van der Waals surface area contributed by atoms with Gasteiger partial charge in [0.2, 0.25) is 0 Å². The summed E-state index contributed by atoms with van der Waals surface area (Å²) in [6.45, 7) is 5.41. The molecule has 42 heavy (non-hydrogen) atoms. The molecule has 1 saturated heterocycles. The van der Waals surface area contributed by atoms with E-state index >= 15 is 0 Å². The maximum absolute atomic E-state index is 5.91. The van der Waals surface area contributed by atoms with Gasteiger partial charge >= 0.3 is 262 Å². The molecule has 0 radical (unpaired) electrons. The number of hydrogen-bond donors (Lipinski definition) is 0. The van der Waals surface area contributed by atoms with Crippen LogP contribution in [-0.4, -0.2) is 13.2 Å². The summed E-state index contributed by atoms with van der Waals surface area (Å²) in [5.74, 6) is 0. The first kappa shape index (κ1) is 29.9. The van der Waals surface area contributed by atoms with Crippen molar-refractivity contribution in [1.82, 2.24) is 0 Å². The first-order valence-electron chi connectivity index (χ1n) is 14.2. The predicted octanol–water partition coefficient (Wildman–Crippen LogP) is 8.39. The molecule has 0 saturated carbocycles. The summed E-state index contributed by atoms with van der Waals surface area (Å²) >= 11 is 1.81. The Labute approximate surface area is 261 Å². The fourth-order valence-corrected chi connectivity index (χ4v) is 11.2. The Morgan fingerprint density at radius 3 is 1.60 bits per heavy atom. The number of hydrogen-bond acceptors (Lipinski definition) is 1. The van der Waals surface area contributed by atoms with Crippen LogP contribution in [0.15, 0.2) is 162 Å². The molecule has 1 aliphatic heterocycles. The van der Waals surface area contributed by atoms with Crippen molar-refractivity contribution in [1.29, 1.82) is 0 Å². The second-order valence-electron chi connectivity index (χ2n) is 10.0. The molecule has 1 heterocycles. The summed E-state index contributed by atoms with van der Waals surface area (Å²) in [4.78, 5) is 0. The van der Waals surface area contributed by atoms with Crippen molar-refractivity contribution in [3.63, 3.8) is 0 Å². The molecule has 1 nitrogen and oxygen atoms in total. The molecule has 4 aromatic rings. The third-order valence-corrected chi connectivity index (χ3v) is 12.9. The van der Waals surface area contributed by atoms with Crippen molar-refractivity contribution < 1.29 is 22.7 Å². The molecule has 0 unspecified atom stereocenters. The van der Waals surface area contributed by atoms with E-state index in [1.165, 1.54) is 37.9 Å². The van der Waals surface area contributed by atoms with Gasteiger partial charge in [-0.25, -0.2) is 0 Å². The first-order valence-corrected chi connectivity index (χ1v) is 17.3. The van der Waals surface area contributed by atoms with Crippen LogP contribution in [0.5, 0.6) is 0 Å². The quantitative estimate of drug-likeness (QED) is 0.130. The van der Waals surface area contributed by atoms with Crippen molar-refractivity contribution in [3.05, 3.63) is 173 Å². The fourth-order valence-electron chi connectivity index (χ4n) is 5.43.